The van der Waals surface area contributed by atoms with E-state index in [-0.39, 0.29) is 12.1 Å². The number of nitriles is 1. The number of urea groups is 1. The van der Waals surface area contributed by atoms with Crippen LogP contribution in [0.5, 0.6) is 0 Å². The monoisotopic (exact) mass is 301 g/mol. The predicted molar refractivity (Wildman–Crippen MR) is 85.6 cm³/mol. The second-order valence-corrected chi connectivity index (χ2v) is 5.60. The van der Waals surface area contributed by atoms with E-state index in [1.807, 2.05) is 11.0 Å². The van der Waals surface area contributed by atoms with Gasteiger partial charge in [-0.25, -0.2) is 4.79 Å². The Hall–Kier alpha value is -2.06. The second-order valence-electron chi connectivity index (χ2n) is 5.60. The van der Waals surface area contributed by atoms with Gasteiger partial charge in [-0.3, -0.25) is 0 Å². The molecule has 1 N–H and O–H groups in total. The molecule has 1 saturated heterocycles. The summed E-state index contributed by atoms with van der Waals surface area (Å²) in [5, 5.41) is 11.8. The van der Waals surface area contributed by atoms with Crippen molar-refractivity contribution in [2.24, 2.45) is 0 Å². The maximum atomic E-state index is 12.5. The lowest BCUT2D eigenvalue weighted by atomic mass is 9.98. The van der Waals surface area contributed by atoms with Gasteiger partial charge in [-0.2, -0.15) is 5.26 Å². The molecule has 118 valence electrons. The molecule has 1 fully saturated rings. The number of nitrogens with zero attached hydrogens (tertiary/aromatic N) is 2. The van der Waals surface area contributed by atoms with E-state index in [4.69, 9.17) is 10.00 Å². The second kappa shape index (κ2) is 8.40. The van der Waals surface area contributed by atoms with Gasteiger partial charge in [-0.15, -0.1) is 0 Å². The van der Waals surface area contributed by atoms with E-state index < -0.39 is 0 Å². The smallest absolute Gasteiger partial charge is 0.322 e. The van der Waals surface area contributed by atoms with Crippen LogP contribution in [0.2, 0.25) is 0 Å². The van der Waals surface area contributed by atoms with Crippen molar-refractivity contribution in [2.75, 3.05) is 25.6 Å². The first kappa shape index (κ1) is 16.3. The molecule has 2 amide bonds. The summed E-state index contributed by atoms with van der Waals surface area (Å²) < 4.78 is 5.10. The van der Waals surface area contributed by atoms with Crippen LogP contribution in [-0.4, -0.2) is 37.2 Å². The molecule has 0 aliphatic carbocycles. The van der Waals surface area contributed by atoms with Gasteiger partial charge in [-0.05, 0) is 50.3 Å². The SMILES string of the molecule is COCCC[C@H]1CCCCN1C(=O)Nc1cccc(C#N)c1. The lowest BCUT2D eigenvalue weighted by molar-refractivity contribution is 0.141. The van der Waals surface area contributed by atoms with Gasteiger partial charge < -0.3 is 15.0 Å². The number of methoxy groups -OCH3 is 1. The number of rotatable bonds is 5. The van der Waals surface area contributed by atoms with Crippen molar-refractivity contribution in [1.29, 1.82) is 5.26 Å². The van der Waals surface area contributed by atoms with E-state index in [9.17, 15) is 4.79 Å². The average molecular weight is 301 g/mol. The molecule has 1 aliphatic rings. The van der Waals surface area contributed by atoms with Crippen LogP contribution >= 0.6 is 0 Å². The Kier molecular flexibility index (Phi) is 6.23. The van der Waals surface area contributed by atoms with Crippen LogP contribution in [-0.2, 0) is 4.74 Å². The van der Waals surface area contributed by atoms with Crippen molar-refractivity contribution in [3.63, 3.8) is 0 Å². The summed E-state index contributed by atoms with van der Waals surface area (Å²) in [6.07, 6.45) is 5.21. The van der Waals surface area contributed by atoms with E-state index in [1.54, 1.807) is 25.3 Å². The Labute approximate surface area is 131 Å². The summed E-state index contributed by atoms with van der Waals surface area (Å²) in [6.45, 7) is 1.53. The number of likely N-dealkylation sites (tertiary alicyclic amines) is 1. The number of ether oxygens (including phenoxy) is 1. The van der Waals surface area contributed by atoms with Crippen LogP contribution in [0.1, 0.15) is 37.7 Å². The van der Waals surface area contributed by atoms with Crippen LogP contribution in [0.15, 0.2) is 24.3 Å². The minimum absolute atomic E-state index is 0.0720. The lowest BCUT2D eigenvalue weighted by Crippen LogP contribution is -2.46. The summed E-state index contributed by atoms with van der Waals surface area (Å²) in [7, 11) is 1.70. The van der Waals surface area contributed by atoms with Gasteiger partial charge in [0.15, 0.2) is 0 Å². The first-order chi connectivity index (χ1) is 10.7. The third-order valence-electron chi connectivity index (χ3n) is 4.02. The van der Waals surface area contributed by atoms with Crippen molar-refractivity contribution in [2.45, 2.75) is 38.1 Å². The van der Waals surface area contributed by atoms with Gasteiger partial charge in [0.1, 0.15) is 0 Å². The number of carbonyl (C=O) groups is 1. The molecule has 1 heterocycles. The molecule has 5 nitrogen and oxygen atoms in total. The van der Waals surface area contributed by atoms with Gasteiger partial charge in [0.25, 0.3) is 0 Å². The van der Waals surface area contributed by atoms with E-state index in [0.717, 1.165) is 38.8 Å². The largest absolute Gasteiger partial charge is 0.385 e. The molecule has 0 saturated carbocycles. The number of carbonyl (C=O) groups excluding carboxylic acids is 1. The number of nitrogens with one attached hydrogen (secondary N) is 1. The Bertz CT molecular complexity index is 539. The molecule has 22 heavy (non-hydrogen) atoms. The van der Waals surface area contributed by atoms with E-state index >= 15 is 0 Å². The summed E-state index contributed by atoms with van der Waals surface area (Å²) in [6, 6.07) is 9.30. The molecule has 1 aromatic rings. The Morgan fingerprint density at radius 2 is 2.36 bits per heavy atom. The first-order valence-corrected chi connectivity index (χ1v) is 7.81. The molecule has 1 aliphatic heterocycles. The van der Waals surface area contributed by atoms with E-state index in [2.05, 4.69) is 11.4 Å². The fourth-order valence-corrected chi connectivity index (χ4v) is 2.89. The van der Waals surface area contributed by atoms with Crippen molar-refractivity contribution in [3.05, 3.63) is 29.8 Å². The predicted octanol–water partition coefficient (Wildman–Crippen LogP) is 3.37. The van der Waals surface area contributed by atoms with Gasteiger partial charge in [0.2, 0.25) is 0 Å². The van der Waals surface area contributed by atoms with Crippen LogP contribution in [0.4, 0.5) is 10.5 Å². The molecule has 1 atom stereocenters. The third-order valence-corrected chi connectivity index (χ3v) is 4.02. The molecule has 5 heteroatoms. The zero-order chi connectivity index (χ0) is 15.8. The molecule has 0 spiro atoms. The highest BCUT2D eigenvalue weighted by molar-refractivity contribution is 5.89. The van der Waals surface area contributed by atoms with Gasteiger partial charge >= 0.3 is 6.03 Å². The minimum Gasteiger partial charge on any atom is -0.385 e. The molecule has 0 unspecified atom stereocenters. The number of amides is 2. The molecule has 0 aromatic heterocycles. The summed E-state index contributed by atoms with van der Waals surface area (Å²) in [4.78, 5) is 14.4. The van der Waals surface area contributed by atoms with E-state index in [0.29, 0.717) is 11.3 Å². The van der Waals surface area contributed by atoms with E-state index in [1.165, 1.54) is 6.42 Å². The summed E-state index contributed by atoms with van der Waals surface area (Å²) in [5.41, 5.74) is 1.22. The highest BCUT2D eigenvalue weighted by atomic mass is 16.5. The normalized spacial score (nSPS) is 17.8. The minimum atomic E-state index is -0.0720. The van der Waals surface area contributed by atoms with Crippen molar-refractivity contribution in [3.8, 4) is 6.07 Å². The molecular weight excluding hydrogens is 278 g/mol. The number of hydrogen-bond acceptors (Lipinski definition) is 3. The highest BCUT2D eigenvalue weighted by Gasteiger charge is 2.26. The van der Waals surface area contributed by atoms with Crippen LogP contribution in [0.25, 0.3) is 0 Å². The Balaban J connectivity index is 1.97. The molecule has 0 radical (unpaired) electrons. The van der Waals surface area contributed by atoms with Crippen molar-refractivity contribution < 1.29 is 9.53 Å². The third kappa shape index (κ3) is 4.47. The van der Waals surface area contributed by atoms with Crippen molar-refractivity contribution >= 4 is 11.7 Å². The number of benzene rings is 1. The topological polar surface area (TPSA) is 65.4 Å². The lowest BCUT2D eigenvalue weighted by Gasteiger charge is -2.35. The highest BCUT2D eigenvalue weighted by Crippen LogP contribution is 2.22. The number of hydrogen-bond donors (Lipinski definition) is 1. The van der Waals surface area contributed by atoms with Crippen molar-refractivity contribution in [1.82, 2.24) is 4.90 Å². The fourth-order valence-electron chi connectivity index (χ4n) is 2.89. The quantitative estimate of drug-likeness (QED) is 0.848. The van der Waals surface area contributed by atoms with Gasteiger partial charge in [0, 0.05) is 32.0 Å². The fraction of sp³-hybridized carbons (Fsp3) is 0.529. The van der Waals surface area contributed by atoms with Crippen LogP contribution in [0, 0.1) is 11.3 Å². The number of piperidine rings is 1. The first-order valence-electron chi connectivity index (χ1n) is 7.81. The van der Waals surface area contributed by atoms with Gasteiger partial charge in [-0.1, -0.05) is 6.07 Å². The van der Waals surface area contributed by atoms with Gasteiger partial charge in [0.05, 0.1) is 11.6 Å². The summed E-state index contributed by atoms with van der Waals surface area (Å²) >= 11 is 0. The Morgan fingerprint density at radius 1 is 1.50 bits per heavy atom. The Morgan fingerprint density at radius 3 is 3.14 bits per heavy atom. The maximum Gasteiger partial charge on any atom is 0.322 e. The zero-order valence-electron chi connectivity index (χ0n) is 13.0. The van der Waals surface area contributed by atoms with Crippen LogP contribution < -0.4 is 5.32 Å². The number of anilines is 1. The molecule has 0 bridgehead atoms. The summed E-state index contributed by atoms with van der Waals surface area (Å²) in [5.74, 6) is 0. The standard InChI is InChI=1S/C17H23N3O2/c1-22-11-5-9-16-8-2-3-10-20(16)17(21)19-15-7-4-6-14(12-15)13-18/h4,6-7,12,16H,2-3,5,8-11H2,1H3,(H,19,21)/t16-/m1/s1. The molecular formula is C17H23N3O2. The molecule has 1 aromatic carbocycles. The zero-order valence-corrected chi connectivity index (χ0v) is 13.0. The van der Waals surface area contributed by atoms with Crippen LogP contribution in [0.3, 0.4) is 0 Å². The molecule has 2 rings (SSSR count). The maximum absolute atomic E-state index is 12.5. The average Bonchev–Trinajstić information content (AvgIpc) is 2.55.